The van der Waals surface area contributed by atoms with Crippen molar-refractivity contribution in [2.45, 2.75) is 43.5 Å². The number of carbonyl (C=O) groups excluding carboxylic acids is 1. The van der Waals surface area contributed by atoms with E-state index in [-0.39, 0.29) is 19.1 Å². The van der Waals surface area contributed by atoms with Crippen LogP contribution in [0.4, 0.5) is 0 Å². The zero-order chi connectivity index (χ0) is 19.8. The Kier molecular flexibility index (Phi) is 8.42. The molecule has 1 amide bonds. The van der Waals surface area contributed by atoms with E-state index in [4.69, 9.17) is 19.3 Å². The molecule has 1 saturated heterocycles. The lowest BCUT2D eigenvalue weighted by Crippen LogP contribution is -2.59. The van der Waals surface area contributed by atoms with Crippen molar-refractivity contribution in [2.24, 2.45) is 0 Å². The highest BCUT2D eigenvalue weighted by molar-refractivity contribution is 5.76. The summed E-state index contributed by atoms with van der Waals surface area (Å²) in [6.45, 7) is -0.291. The molecule has 9 heteroatoms. The van der Waals surface area contributed by atoms with Crippen molar-refractivity contribution in [3.63, 3.8) is 0 Å². The maximum atomic E-state index is 11.9. The molecule has 2 rings (SSSR count). The highest BCUT2D eigenvalue weighted by atomic mass is 16.7. The Morgan fingerprint density at radius 1 is 1.15 bits per heavy atom. The van der Waals surface area contributed by atoms with E-state index in [1.165, 1.54) is 0 Å². The van der Waals surface area contributed by atoms with Gasteiger partial charge in [0.1, 0.15) is 30.2 Å². The topological polar surface area (TPSA) is 138 Å². The summed E-state index contributed by atoms with van der Waals surface area (Å²) in [6.07, 6.45) is -5.68. The SMILES string of the molecule is COc1ccc(CCC(=O)NCCO[C@@H]2O[C@H](CO)[C@H](O)[C@H](O)[C@H]2O)cc1. The van der Waals surface area contributed by atoms with Crippen molar-refractivity contribution in [3.8, 4) is 5.75 Å². The third-order valence-electron chi connectivity index (χ3n) is 4.35. The average Bonchev–Trinajstić information content (AvgIpc) is 2.69. The van der Waals surface area contributed by atoms with Gasteiger partial charge in [-0.3, -0.25) is 4.79 Å². The molecule has 0 aliphatic carbocycles. The lowest BCUT2D eigenvalue weighted by Gasteiger charge is -2.39. The van der Waals surface area contributed by atoms with Gasteiger partial charge in [-0.1, -0.05) is 12.1 Å². The summed E-state index contributed by atoms with van der Waals surface area (Å²) < 4.78 is 15.6. The number of carbonyl (C=O) groups is 1. The second kappa shape index (κ2) is 10.5. The first-order valence-electron chi connectivity index (χ1n) is 8.78. The Bertz CT molecular complexity index is 579. The largest absolute Gasteiger partial charge is 0.497 e. The molecular formula is C18H27NO8. The summed E-state index contributed by atoms with van der Waals surface area (Å²) >= 11 is 0. The minimum atomic E-state index is -1.49. The molecule has 1 fully saturated rings. The first-order chi connectivity index (χ1) is 13.0. The van der Waals surface area contributed by atoms with Gasteiger partial charge in [-0.15, -0.1) is 0 Å². The fourth-order valence-corrected chi connectivity index (χ4v) is 2.71. The van der Waals surface area contributed by atoms with E-state index >= 15 is 0 Å². The molecule has 152 valence electrons. The lowest BCUT2D eigenvalue weighted by molar-refractivity contribution is -0.300. The van der Waals surface area contributed by atoms with Crippen LogP contribution in [0.5, 0.6) is 5.75 Å². The average molecular weight is 385 g/mol. The van der Waals surface area contributed by atoms with Gasteiger partial charge in [-0.2, -0.15) is 0 Å². The predicted molar refractivity (Wildman–Crippen MR) is 94.0 cm³/mol. The zero-order valence-electron chi connectivity index (χ0n) is 15.2. The van der Waals surface area contributed by atoms with Crippen molar-refractivity contribution in [1.82, 2.24) is 5.32 Å². The highest BCUT2D eigenvalue weighted by Crippen LogP contribution is 2.21. The Morgan fingerprint density at radius 2 is 1.85 bits per heavy atom. The summed E-state index contributed by atoms with van der Waals surface area (Å²) in [7, 11) is 1.59. The number of rotatable bonds is 9. The lowest BCUT2D eigenvalue weighted by atomic mass is 9.99. The molecule has 0 aromatic heterocycles. The molecule has 5 atom stereocenters. The smallest absolute Gasteiger partial charge is 0.220 e. The monoisotopic (exact) mass is 385 g/mol. The molecule has 0 unspecified atom stereocenters. The van der Waals surface area contributed by atoms with Crippen LogP contribution < -0.4 is 10.1 Å². The second-order valence-corrected chi connectivity index (χ2v) is 6.27. The molecule has 1 aliphatic rings. The first-order valence-corrected chi connectivity index (χ1v) is 8.78. The van der Waals surface area contributed by atoms with Gasteiger partial charge < -0.3 is 40.0 Å². The van der Waals surface area contributed by atoms with Crippen LogP contribution in [-0.2, 0) is 20.7 Å². The van der Waals surface area contributed by atoms with Gasteiger partial charge in [0.2, 0.25) is 5.91 Å². The Labute approximate surface area is 157 Å². The Morgan fingerprint density at radius 3 is 2.48 bits per heavy atom. The fourth-order valence-electron chi connectivity index (χ4n) is 2.71. The third-order valence-corrected chi connectivity index (χ3v) is 4.35. The zero-order valence-corrected chi connectivity index (χ0v) is 15.2. The van der Waals surface area contributed by atoms with Crippen molar-refractivity contribution in [2.75, 3.05) is 26.9 Å². The van der Waals surface area contributed by atoms with E-state index in [9.17, 15) is 20.1 Å². The van der Waals surface area contributed by atoms with Crippen LogP contribution in [0.3, 0.4) is 0 Å². The third kappa shape index (κ3) is 6.13. The minimum Gasteiger partial charge on any atom is -0.497 e. The number of amides is 1. The highest BCUT2D eigenvalue weighted by Gasteiger charge is 2.43. The Balaban J connectivity index is 1.66. The van der Waals surface area contributed by atoms with Crippen molar-refractivity contribution in [1.29, 1.82) is 0 Å². The van der Waals surface area contributed by atoms with E-state index in [0.717, 1.165) is 11.3 Å². The summed E-state index contributed by atoms with van der Waals surface area (Å²) in [4.78, 5) is 11.9. The molecule has 1 heterocycles. The molecule has 27 heavy (non-hydrogen) atoms. The van der Waals surface area contributed by atoms with Gasteiger partial charge >= 0.3 is 0 Å². The number of aliphatic hydroxyl groups excluding tert-OH is 4. The van der Waals surface area contributed by atoms with Crippen molar-refractivity contribution >= 4 is 5.91 Å². The fraction of sp³-hybridized carbons (Fsp3) is 0.611. The molecule has 5 N–H and O–H groups in total. The number of hydrogen-bond donors (Lipinski definition) is 5. The minimum absolute atomic E-state index is 0.0387. The number of methoxy groups -OCH3 is 1. The number of aliphatic hydroxyl groups is 4. The van der Waals surface area contributed by atoms with Crippen LogP contribution in [0, 0.1) is 0 Å². The van der Waals surface area contributed by atoms with Crippen molar-refractivity contribution < 1.29 is 39.4 Å². The van der Waals surface area contributed by atoms with Crippen LogP contribution in [0.15, 0.2) is 24.3 Å². The number of ether oxygens (including phenoxy) is 3. The molecule has 9 nitrogen and oxygen atoms in total. The van der Waals surface area contributed by atoms with Gasteiger partial charge in [0, 0.05) is 13.0 Å². The summed E-state index contributed by atoms with van der Waals surface area (Å²) in [5.74, 6) is 0.608. The molecule has 0 radical (unpaired) electrons. The normalized spacial score (nSPS) is 28.0. The number of benzene rings is 1. The summed E-state index contributed by atoms with van der Waals surface area (Å²) in [5, 5.41) is 41.0. The molecule has 1 aromatic carbocycles. The van der Waals surface area contributed by atoms with Crippen LogP contribution in [0.2, 0.25) is 0 Å². The summed E-state index contributed by atoms with van der Waals surface area (Å²) in [6, 6.07) is 7.46. The quantitative estimate of drug-likeness (QED) is 0.326. The van der Waals surface area contributed by atoms with Gasteiger partial charge in [0.05, 0.1) is 20.3 Å². The molecule has 0 saturated carbocycles. The second-order valence-electron chi connectivity index (χ2n) is 6.27. The van der Waals surface area contributed by atoms with Crippen LogP contribution in [-0.4, -0.2) is 83.9 Å². The maximum Gasteiger partial charge on any atom is 0.220 e. The van der Waals surface area contributed by atoms with Gasteiger partial charge in [0.15, 0.2) is 6.29 Å². The van der Waals surface area contributed by atoms with E-state index in [1.807, 2.05) is 24.3 Å². The molecule has 0 spiro atoms. The van der Waals surface area contributed by atoms with Gasteiger partial charge in [0.25, 0.3) is 0 Å². The van der Waals surface area contributed by atoms with Crippen LogP contribution in [0.25, 0.3) is 0 Å². The molecular weight excluding hydrogens is 358 g/mol. The van der Waals surface area contributed by atoms with E-state index < -0.39 is 37.3 Å². The predicted octanol–water partition coefficient (Wildman–Crippen LogP) is -1.44. The van der Waals surface area contributed by atoms with Crippen molar-refractivity contribution in [3.05, 3.63) is 29.8 Å². The van der Waals surface area contributed by atoms with E-state index in [0.29, 0.717) is 12.8 Å². The van der Waals surface area contributed by atoms with Gasteiger partial charge in [-0.25, -0.2) is 0 Å². The molecule has 1 aromatic rings. The molecule has 1 aliphatic heterocycles. The van der Waals surface area contributed by atoms with Crippen LogP contribution in [0.1, 0.15) is 12.0 Å². The number of hydrogen-bond acceptors (Lipinski definition) is 8. The first kappa shape index (κ1) is 21.5. The Hall–Kier alpha value is -1.75. The maximum absolute atomic E-state index is 11.9. The van der Waals surface area contributed by atoms with E-state index in [2.05, 4.69) is 5.32 Å². The number of aryl methyl sites for hydroxylation is 1. The van der Waals surface area contributed by atoms with Gasteiger partial charge in [-0.05, 0) is 24.1 Å². The van der Waals surface area contributed by atoms with Crippen LogP contribution >= 0.6 is 0 Å². The van der Waals surface area contributed by atoms with E-state index in [1.54, 1.807) is 7.11 Å². The summed E-state index contributed by atoms with van der Waals surface area (Å²) in [5.41, 5.74) is 1.02. The standard InChI is InChI=1S/C18H27NO8/c1-25-12-5-2-11(3-6-12)4-7-14(21)19-8-9-26-18-17(24)16(23)15(22)13(10-20)27-18/h2-3,5-6,13,15-18,20,22-24H,4,7-10H2,1H3,(H,19,21)/t13-,15+,16+,17-,18-/m1/s1. The molecule has 0 bridgehead atoms. The number of nitrogens with one attached hydrogen (secondary N) is 1.